The molecule has 7 nitrogen and oxygen atoms in total. The summed E-state index contributed by atoms with van der Waals surface area (Å²) >= 11 is 0. The van der Waals surface area contributed by atoms with E-state index >= 15 is 0 Å². The normalized spacial score (nSPS) is 15.1. The lowest BCUT2D eigenvalue weighted by molar-refractivity contribution is -0.117. The number of nitrogens with one attached hydrogen (secondary N) is 3. The first-order valence-corrected chi connectivity index (χ1v) is 11.4. The fourth-order valence-electron chi connectivity index (χ4n) is 4.60. The molecule has 0 bridgehead atoms. The lowest BCUT2D eigenvalue weighted by Gasteiger charge is -2.39. The second-order valence-electron chi connectivity index (χ2n) is 8.71. The number of carbonyl (C=O) groups excluding carboxylic acids is 1. The van der Waals surface area contributed by atoms with Crippen molar-refractivity contribution < 1.29 is 13.6 Å². The molecule has 0 radical (unpaired) electrons. The summed E-state index contributed by atoms with van der Waals surface area (Å²) in [5, 5.41) is 2.89. The van der Waals surface area contributed by atoms with E-state index in [0.717, 1.165) is 11.1 Å². The Bertz CT molecular complexity index is 1330. The summed E-state index contributed by atoms with van der Waals surface area (Å²) in [4.78, 5) is 33.8. The maximum absolute atomic E-state index is 13.5. The number of rotatable bonds is 6. The van der Waals surface area contributed by atoms with Crippen LogP contribution in [0.1, 0.15) is 17.2 Å². The molecule has 9 heteroatoms. The minimum atomic E-state index is -0.301. The maximum Gasteiger partial charge on any atom is 0.323 e. The summed E-state index contributed by atoms with van der Waals surface area (Å²) < 4.78 is 27.1. The first-order valence-electron chi connectivity index (χ1n) is 11.4. The molecule has 1 saturated heterocycles. The highest BCUT2D eigenvalue weighted by Gasteiger charge is 2.27. The van der Waals surface area contributed by atoms with Crippen LogP contribution in [0.2, 0.25) is 0 Å². The maximum atomic E-state index is 13.5. The zero-order valence-corrected chi connectivity index (χ0v) is 18.9. The Kier molecular flexibility index (Phi) is 6.43. The number of amides is 1. The van der Waals surface area contributed by atoms with Crippen LogP contribution in [0.5, 0.6) is 0 Å². The van der Waals surface area contributed by atoms with E-state index in [-0.39, 0.29) is 35.8 Å². The summed E-state index contributed by atoms with van der Waals surface area (Å²) in [6.07, 6.45) is 0. The summed E-state index contributed by atoms with van der Waals surface area (Å²) in [5.74, 6) is -0.738. The molecule has 0 saturated carbocycles. The average molecular weight is 478 g/mol. The van der Waals surface area contributed by atoms with E-state index < -0.39 is 0 Å². The van der Waals surface area contributed by atoms with Crippen molar-refractivity contribution in [1.82, 2.24) is 19.8 Å². The van der Waals surface area contributed by atoms with Crippen molar-refractivity contribution in [3.63, 3.8) is 0 Å². The van der Waals surface area contributed by atoms with Crippen molar-refractivity contribution in [1.29, 1.82) is 0 Å². The third-order valence-electron chi connectivity index (χ3n) is 6.31. The standard InChI is InChI=1S/C26H25F2N5O2/c27-19-5-1-17(2-6-19)25(18-3-7-20(28)8-4-18)33-13-11-32(12-14-33)16-24(34)29-21-9-10-22-23(15-21)31-26(35)30-22/h1-10,15,25H,11-14,16H2,(H,29,34)(H2,30,31,35). The second kappa shape index (κ2) is 9.81. The minimum Gasteiger partial charge on any atom is -0.325 e. The molecule has 1 aromatic heterocycles. The number of hydrogen-bond donors (Lipinski definition) is 3. The van der Waals surface area contributed by atoms with Crippen LogP contribution in [0.4, 0.5) is 14.5 Å². The van der Waals surface area contributed by atoms with Crippen LogP contribution in [-0.4, -0.2) is 58.4 Å². The number of aromatic amines is 2. The van der Waals surface area contributed by atoms with Gasteiger partial charge >= 0.3 is 5.69 Å². The first kappa shape index (κ1) is 22.9. The second-order valence-corrected chi connectivity index (χ2v) is 8.71. The predicted molar refractivity (Wildman–Crippen MR) is 130 cm³/mol. The van der Waals surface area contributed by atoms with Gasteiger partial charge < -0.3 is 15.3 Å². The van der Waals surface area contributed by atoms with E-state index in [1.165, 1.54) is 24.3 Å². The zero-order valence-electron chi connectivity index (χ0n) is 18.9. The molecular formula is C26H25F2N5O2. The lowest BCUT2D eigenvalue weighted by atomic mass is 9.96. The van der Waals surface area contributed by atoms with Gasteiger partial charge in [0.15, 0.2) is 0 Å². The number of halogens is 2. The Morgan fingerprint density at radius 2 is 1.40 bits per heavy atom. The molecule has 1 amide bonds. The monoisotopic (exact) mass is 477 g/mol. The summed E-state index contributed by atoms with van der Waals surface area (Å²) in [5.41, 5.74) is 3.50. The number of aromatic nitrogens is 2. The van der Waals surface area contributed by atoms with Crippen molar-refractivity contribution in [2.45, 2.75) is 6.04 Å². The van der Waals surface area contributed by atoms with Gasteiger partial charge in [-0.2, -0.15) is 0 Å². The van der Waals surface area contributed by atoms with Gasteiger partial charge in [-0.1, -0.05) is 24.3 Å². The van der Waals surface area contributed by atoms with E-state index in [0.29, 0.717) is 42.9 Å². The molecule has 4 aromatic rings. The molecule has 1 aliphatic rings. The fraction of sp³-hybridized carbons (Fsp3) is 0.231. The van der Waals surface area contributed by atoms with Gasteiger partial charge in [0, 0.05) is 31.9 Å². The Morgan fingerprint density at radius 1 is 0.829 bits per heavy atom. The third-order valence-corrected chi connectivity index (χ3v) is 6.31. The van der Waals surface area contributed by atoms with Crippen molar-refractivity contribution in [3.05, 3.63) is 100.0 Å². The number of H-pyrrole nitrogens is 2. The van der Waals surface area contributed by atoms with Gasteiger partial charge in [0.25, 0.3) is 0 Å². The van der Waals surface area contributed by atoms with E-state index in [9.17, 15) is 18.4 Å². The van der Waals surface area contributed by atoms with Gasteiger partial charge in [0.05, 0.1) is 23.6 Å². The summed E-state index contributed by atoms with van der Waals surface area (Å²) in [7, 11) is 0. The number of anilines is 1. The van der Waals surface area contributed by atoms with E-state index in [2.05, 4.69) is 25.1 Å². The number of hydrogen-bond acceptors (Lipinski definition) is 4. The average Bonchev–Trinajstić information content (AvgIpc) is 3.22. The highest BCUT2D eigenvalue weighted by atomic mass is 19.1. The van der Waals surface area contributed by atoms with Crippen LogP contribution in [0.3, 0.4) is 0 Å². The SMILES string of the molecule is O=C(CN1CCN(C(c2ccc(F)cc2)c2ccc(F)cc2)CC1)Nc1ccc2[nH]c(=O)[nH]c2c1. The molecule has 0 atom stereocenters. The summed E-state index contributed by atoms with van der Waals surface area (Å²) in [6, 6.07) is 17.9. The Hall–Kier alpha value is -3.82. The molecule has 2 heterocycles. The number of fused-ring (bicyclic) bond motifs is 1. The quantitative estimate of drug-likeness (QED) is 0.397. The van der Waals surface area contributed by atoms with Gasteiger partial charge in [-0.25, -0.2) is 13.6 Å². The van der Waals surface area contributed by atoms with Crippen molar-refractivity contribution in [2.75, 3.05) is 38.0 Å². The number of benzene rings is 3. The third kappa shape index (κ3) is 5.31. The molecule has 180 valence electrons. The molecule has 35 heavy (non-hydrogen) atoms. The first-order chi connectivity index (χ1) is 16.9. The van der Waals surface area contributed by atoms with Crippen molar-refractivity contribution >= 4 is 22.6 Å². The van der Waals surface area contributed by atoms with Gasteiger partial charge in [-0.05, 0) is 53.6 Å². The van der Waals surface area contributed by atoms with Crippen LogP contribution in [0.15, 0.2) is 71.5 Å². The van der Waals surface area contributed by atoms with Gasteiger partial charge in [-0.3, -0.25) is 14.6 Å². The van der Waals surface area contributed by atoms with Gasteiger partial charge in [0.2, 0.25) is 5.91 Å². The van der Waals surface area contributed by atoms with Crippen LogP contribution >= 0.6 is 0 Å². The summed E-state index contributed by atoms with van der Waals surface area (Å²) in [6.45, 7) is 2.99. The van der Waals surface area contributed by atoms with E-state index in [1.54, 1.807) is 42.5 Å². The lowest BCUT2D eigenvalue weighted by Crippen LogP contribution is -2.49. The number of nitrogens with zero attached hydrogens (tertiary/aromatic N) is 2. The van der Waals surface area contributed by atoms with Crippen LogP contribution < -0.4 is 11.0 Å². The molecule has 0 unspecified atom stereocenters. The Labute approximate surface area is 200 Å². The molecule has 1 aliphatic heterocycles. The highest BCUT2D eigenvalue weighted by molar-refractivity contribution is 5.94. The fourth-order valence-corrected chi connectivity index (χ4v) is 4.60. The molecule has 5 rings (SSSR count). The van der Waals surface area contributed by atoms with Crippen molar-refractivity contribution in [2.24, 2.45) is 0 Å². The highest BCUT2D eigenvalue weighted by Crippen LogP contribution is 2.30. The Balaban J connectivity index is 1.23. The molecule has 3 aromatic carbocycles. The topological polar surface area (TPSA) is 84.2 Å². The van der Waals surface area contributed by atoms with Crippen molar-refractivity contribution in [3.8, 4) is 0 Å². The largest absolute Gasteiger partial charge is 0.325 e. The predicted octanol–water partition coefficient (Wildman–Crippen LogP) is 3.48. The minimum absolute atomic E-state index is 0.135. The van der Waals surface area contributed by atoms with Crippen LogP contribution in [0.25, 0.3) is 11.0 Å². The molecular weight excluding hydrogens is 452 g/mol. The van der Waals surface area contributed by atoms with Crippen LogP contribution in [0, 0.1) is 11.6 Å². The van der Waals surface area contributed by atoms with E-state index in [1.807, 2.05) is 0 Å². The smallest absolute Gasteiger partial charge is 0.323 e. The number of piperazine rings is 1. The Morgan fingerprint density at radius 3 is 2.00 bits per heavy atom. The number of imidazole rings is 1. The molecule has 3 N–H and O–H groups in total. The van der Waals surface area contributed by atoms with E-state index in [4.69, 9.17) is 0 Å². The molecule has 1 fully saturated rings. The molecule has 0 spiro atoms. The zero-order chi connectivity index (χ0) is 24.4. The van der Waals surface area contributed by atoms with Gasteiger partial charge in [0.1, 0.15) is 11.6 Å². The number of carbonyl (C=O) groups is 1. The molecule has 0 aliphatic carbocycles. The van der Waals surface area contributed by atoms with Crippen LogP contribution in [-0.2, 0) is 4.79 Å². The van der Waals surface area contributed by atoms with Gasteiger partial charge in [-0.15, -0.1) is 0 Å².